The first-order valence-corrected chi connectivity index (χ1v) is 11.0. The number of piperidine rings is 1. The van der Waals surface area contributed by atoms with Crippen LogP contribution in [-0.4, -0.2) is 55.9 Å². The number of anilines is 1. The molecule has 3 aromatic heterocycles. The largest absolute Gasteiger partial charge is 0.465 e. The maximum Gasteiger partial charge on any atom is 0.339 e. The molecule has 1 aliphatic heterocycles. The van der Waals surface area contributed by atoms with E-state index in [0.717, 1.165) is 24.0 Å². The summed E-state index contributed by atoms with van der Waals surface area (Å²) < 4.78 is 8.94. The van der Waals surface area contributed by atoms with Gasteiger partial charge in [-0.05, 0) is 31.9 Å². The van der Waals surface area contributed by atoms with Crippen molar-refractivity contribution < 1.29 is 9.53 Å². The highest BCUT2D eigenvalue weighted by atomic mass is 16.5. The van der Waals surface area contributed by atoms with Crippen LogP contribution in [0.3, 0.4) is 0 Å². The molecule has 11 nitrogen and oxygen atoms in total. The number of hydrogen-bond donors (Lipinski definition) is 1. The number of nitrogens with two attached hydrogens (primary N) is 1. The maximum atomic E-state index is 13.7. The number of nitrogens with zero attached hydrogens (tertiary/aromatic N) is 6. The standard InChI is InChI=1S/C23H27N7O4/c1-4-5-12-29-18-19(26-22(29)28-11-7-8-15(24)13-28)27(2)23(33)30(20(18)31)14-17-16(21(32)34-3)9-6-10-25-17/h6,9-10,15H,7-8,11-14,24H2,1-3H3/t15-/m1/s1. The Hall–Kier alpha value is -3.91. The Labute approximate surface area is 195 Å². The zero-order valence-electron chi connectivity index (χ0n) is 19.4. The summed E-state index contributed by atoms with van der Waals surface area (Å²) in [6.07, 6.45) is 3.32. The lowest BCUT2D eigenvalue weighted by Gasteiger charge is -2.31. The summed E-state index contributed by atoms with van der Waals surface area (Å²) >= 11 is 0. The average Bonchev–Trinajstić information content (AvgIpc) is 3.23. The SMILES string of the molecule is CC#CCn1c(N2CCC[C@@H](N)C2)nc2c1c(=O)n(Cc1ncccc1C(=O)OC)c(=O)n2C. The number of ether oxygens (including phenoxy) is 1. The van der Waals surface area contributed by atoms with E-state index in [2.05, 4.69) is 21.8 Å². The van der Waals surface area contributed by atoms with Crippen LogP contribution in [0.15, 0.2) is 27.9 Å². The Balaban J connectivity index is 1.92. The van der Waals surface area contributed by atoms with Crippen molar-refractivity contribution in [1.82, 2.24) is 23.7 Å². The predicted molar refractivity (Wildman–Crippen MR) is 127 cm³/mol. The van der Waals surface area contributed by atoms with Crippen molar-refractivity contribution in [3.05, 3.63) is 50.4 Å². The number of pyridine rings is 1. The van der Waals surface area contributed by atoms with E-state index < -0.39 is 17.2 Å². The van der Waals surface area contributed by atoms with Crippen LogP contribution >= 0.6 is 0 Å². The molecule has 0 bridgehead atoms. The normalized spacial score (nSPS) is 15.8. The second-order valence-corrected chi connectivity index (χ2v) is 8.17. The van der Waals surface area contributed by atoms with Gasteiger partial charge >= 0.3 is 11.7 Å². The van der Waals surface area contributed by atoms with Gasteiger partial charge < -0.3 is 15.4 Å². The third-order valence-corrected chi connectivity index (χ3v) is 5.97. The molecule has 1 saturated heterocycles. The molecule has 1 atom stereocenters. The molecule has 4 rings (SSSR count). The minimum absolute atomic E-state index is 0.000599. The molecule has 2 N–H and O–H groups in total. The quantitative estimate of drug-likeness (QED) is 0.414. The molecule has 0 radical (unpaired) electrons. The molecule has 178 valence electrons. The molecule has 0 aromatic carbocycles. The van der Waals surface area contributed by atoms with Gasteiger partial charge in [0.2, 0.25) is 5.95 Å². The first kappa shape index (κ1) is 23.3. The van der Waals surface area contributed by atoms with Gasteiger partial charge in [0.25, 0.3) is 5.56 Å². The summed E-state index contributed by atoms with van der Waals surface area (Å²) in [6, 6.07) is 3.13. The number of imidazole rings is 1. The molecule has 0 amide bonds. The van der Waals surface area contributed by atoms with Gasteiger partial charge in [-0.3, -0.25) is 23.5 Å². The minimum Gasteiger partial charge on any atom is -0.465 e. The van der Waals surface area contributed by atoms with E-state index in [-0.39, 0.29) is 41.6 Å². The number of esters is 1. The second kappa shape index (κ2) is 9.52. The number of hydrogen-bond acceptors (Lipinski definition) is 8. The van der Waals surface area contributed by atoms with Gasteiger partial charge in [0.05, 0.1) is 31.5 Å². The molecule has 4 heterocycles. The summed E-state index contributed by atoms with van der Waals surface area (Å²) in [6.45, 7) is 3.11. The third kappa shape index (κ3) is 4.08. The Morgan fingerprint density at radius 3 is 2.82 bits per heavy atom. The molecule has 1 fully saturated rings. The van der Waals surface area contributed by atoms with Crippen molar-refractivity contribution in [3.8, 4) is 11.8 Å². The summed E-state index contributed by atoms with van der Waals surface area (Å²) in [5.74, 6) is 5.82. The number of fused-ring (bicyclic) bond motifs is 1. The van der Waals surface area contributed by atoms with E-state index in [1.165, 1.54) is 17.9 Å². The van der Waals surface area contributed by atoms with Crippen LogP contribution in [0.2, 0.25) is 0 Å². The molecule has 0 aliphatic carbocycles. The fourth-order valence-corrected chi connectivity index (χ4v) is 4.25. The zero-order valence-corrected chi connectivity index (χ0v) is 19.4. The van der Waals surface area contributed by atoms with Crippen LogP contribution in [0.4, 0.5) is 5.95 Å². The van der Waals surface area contributed by atoms with Crippen LogP contribution in [-0.2, 0) is 24.9 Å². The van der Waals surface area contributed by atoms with Gasteiger partial charge in [-0.25, -0.2) is 9.59 Å². The molecule has 0 spiro atoms. The van der Waals surface area contributed by atoms with Gasteiger partial charge in [0.15, 0.2) is 11.2 Å². The molecule has 0 saturated carbocycles. The van der Waals surface area contributed by atoms with E-state index in [1.54, 1.807) is 30.7 Å². The minimum atomic E-state index is -0.596. The van der Waals surface area contributed by atoms with E-state index >= 15 is 0 Å². The van der Waals surface area contributed by atoms with E-state index in [1.807, 2.05) is 4.90 Å². The Bertz CT molecular complexity index is 1420. The average molecular weight is 466 g/mol. The van der Waals surface area contributed by atoms with Crippen molar-refractivity contribution in [2.24, 2.45) is 12.8 Å². The molecule has 0 unspecified atom stereocenters. The van der Waals surface area contributed by atoms with E-state index in [9.17, 15) is 14.4 Å². The van der Waals surface area contributed by atoms with Crippen molar-refractivity contribution in [2.75, 3.05) is 25.1 Å². The van der Waals surface area contributed by atoms with Gasteiger partial charge in [-0.15, -0.1) is 5.92 Å². The first-order valence-electron chi connectivity index (χ1n) is 11.0. The summed E-state index contributed by atoms with van der Waals surface area (Å²) in [4.78, 5) is 50.0. The Morgan fingerprint density at radius 1 is 1.32 bits per heavy atom. The smallest absolute Gasteiger partial charge is 0.339 e. The highest BCUT2D eigenvalue weighted by Crippen LogP contribution is 2.23. The number of rotatable bonds is 5. The number of carbonyl (C=O) groups excluding carboxylic acids is 1. The predicted octanol–water partition coefficient (Wildman–Crippen LogP) is 0.0774. The van der Waals surface area contributed by atoms with Crippen LogP contribution in [0.1, 0.15) is 35.8 Å². The molecule has 3 aromatic rings. The van der Waals surface area contributed by atoms with Crippen LogP contribution in [0.25, 0.3) is 11.2 Å². The topological polar surface area (TPSA) is 130 Å². The van der Waals surface area contributed by atoms with Crippen molar-refractivity contribution in [1.29, 1.82) is 0 Å². The molecular formula is C23H27N7O4. The van der Waals surface area contributed by atoms with Crippen molar-refractivity contribution >= 4 is 23.1 Å². The molecule has 34 heavy (non-hydrogen) atoms. The number of methoxy groups -OCH3 is 1. The zero-order chi connectivity index (χ0) is 24.4. The third-order valence-electron chi connectivity index (χ3n) is 5.97. The fraction of sp³-hybridized carbons (Fsp3) is 0.435. The highest BCUT2D eigenvalue weighted by molar-refractivity contribution is 5.90. The first-order chi connectivity index (χ1) is 16.4. The highest BCUT2D eigenvalue weighted by Gasteiger charge is 2.26. The van der Waals surface area contributed by atoms with Gasteiger partial charge in [0, 0.05) is 32.4 Å². The Kier molecular flexibility index (Phi) is 6.51. The number of aryl methyl sites for hydroxylation is 1. The van der Waals surface area contributed by atoms with E-state index in [4.69, 9.17) is 10.5 Å². The maximum absolute atomic E-state index is 13.7. The monoisotopic (exact) mass is 465 g/mol. The van der Waals surface area contributed by atoms with Gasteiger partial charge in [-0.1, -0.05) is 5.92 Å². The lowest BCUT2D eigenvalue weighted by atomic mass is 10.1. The lowest BCUT2D eigenvalue weighted by Crippen LogP contribution is -2.44. The van der Waals surface area contributed by atoms with E-state index in [0.29, 0.717) is 12.5 Å². The summed E-state index contributed by atoms with van der Waals surface area (Å²) in [5.41, 5.74) is 6.06. The number of carbonyl (C=O) groups is 1. The lowest BCUT2D eigenvalue weighted by molar-refractivity contribution is 0.0598. The Morgan fingerprint density at radius 2 is 2.12 bits per heavy atom. The van der Waals surface area contributed by atoms with Crippen LogP contribution < -0.4 is 21.9 Å². The number of aromatic nitrogens is 5. The van der Waals surface area contributed by atoms with Gasteiger partial charge in [0.1, 0.15) is 0 Å². The van der Waals surface area contributed by atoms with Crippen molar-refractivity contribution in [3.63, 3.8) is 0 Å². The summed E-state index contributed by atoms with van der Waals surface area (Å²) in [5, 5.41) is 0. The molecular weight excluding hydrogens is 438 g/mol. The van der Waals surface area contributed by atoms with Crippen molar-refractivity contribution in [2.45, 2.75) is 38.9 Å². The van der Waals surface area contributed by atoms with Crippen LogP contribution in [0, 0.1) is 11.8 Å². The molecule has 11 heteroatoms. The fourth-order valence-electron chi connectivity index (χ4n) is 4.25. The van der Waals surface area contributed by atoms with Crippen LogP contribution in [0.5, 0.6) is 0 Å². The summed E-state index contributed by atoms with van der Waals surface area (Å²) in [7, 11) is 2.83. The van der Waals surface area contributed by atoms with Gasteiger partial charge in [-0.2, -0.15) is 4.98 Å². The molecule has 1 aliphatic rings. The second-order valence-electron chi connectivity index (χ2n) is 8.17.